The molecule has 0 unspecified atom stereocenters. The number of hydrogen-bond acceptors (Lipinski definition) is 4. The third-order valence-electron chi connectivity index (χ3n) is 3.07. The lowest BCUT2D eigenvalue weighted by Crippen LogP contribution is -2.28. The monoisotopic (exact) mass is 301 g/mol. The molecule has 0 spiro atoms. The summed E-state index contributed by atoms with van der Waals surface area (Å²) in [6, 6.07) is 0. The molecule has 114 valence electrons. The smallest absolute Gasteiger partial charge is 0.287 e. The predicted octanol–water partition coefficient (Wildman–Crippen LogP) is 2.37. The summed E-state index contributed by atoms with van der Waals surface area (Å²) in [7, 11) is 0. The maximum Gasteiger partial charge on any atom is 0.287 e. The van der Waals surface area contributed by atoms with E-state index < -0.39 is 0 Å². The van der Waals surface area contributed by atoms with Crippen LogP contribution in [-0.2, 0) is 6.54 Å². The third-order valence-corrected chi connectivity index (χ3v) is 3.43. The van der Waals surface area contributed by atoms with E-state index in [2.05, 4.69) is 10.4 Å². The lowest BCUT2D eigenvalue weighted by atomic mass is 9.90. The zero-order valence-corrected chi connectivity index (χ0v) is 13.4. The molecule has 1 aromatic heterocycles. The summed E-state index contributed by atoms with van der Waals surface area (Å²) in [5.74, 6) is 0.332. The van der Waals surface area contributed by atoms with Crippen LogP contribution in [0, 0.1) is 11.3 Å². The molecule has 0 saturated carbocycles. The fourth-order valence-electron chi connectivity index (χ4n) is 1.79. The zero-order chi connectivity index (χ0) is 15.3. The van der Waals surface area contributed by atoms with Crippen LogP contribution in [0.5, 0.6) is 0 Å². The Balaban J connectivity index is 2.83. The Labute approximate surface area is 125 Å². The molecule has 0 fully saturated rings. The highest BCUT2D eigenvalue weighted by Gasteiger charge is 2.18. The van der Waals surface area contributed by atoms with Crippen molar-refractivity contribution in [2.75, 3.05) is 18.5 Å². The molecule has 0 atom stereocenters. The molecule has 6 heteroatoms. The summed E-state index contributed by atoms with van der Waals surface area (Å²) in [5.41, 5.74) is 0.193. The summed E-state index contributed by atoms with van der Waals surface area (Å²) >= 11 is 6.10. The fraction of sp³-hybridized carbons (Fsp3) is 0.714. The van der Waals surface area contributed by atoms with Crippen LogP contribution in [0.3, 0.4) is 0 Å². The van der Waals surface area contributed by atoms with E-state index in [1.54, 1.807) is 6.20 Å². The topological polar surface area (TPSA) is 67.2 Å². The van der Waals surface area contributed by atoms with Gasteiger partial charge in [-0.15, -0.1) is 0 Å². The average Bonchev–Trinajstić information content (AvgIpc) is 2.33. The van der Waals surface area contributed by atoms with Crippen molar-refractivity contribution in [1.29, 1.82) is 0 Å². The van der Waals surface area contributed by atoms with Gasteiger partial charge in [0.1, 0.15) is 5.02 Å². The lowest BCUT2D eigenvalue weighted by Gasteiger charge is -2.24. The van der Waals surface area contributed by atoms with Gasteiger partial charge in [0.05, 0.1) is 11.9 Å². The molecule has 0 radical (unpaired) electrons. The molecule has 20 heavy (non-hydrogen) atoms. The Bertz CT molecular complexity index is 498. The first-order valence-electron chi connectivity index (χ1n) is 6.87. The van der Waals surface area contributed by atoms with Gasteiger partial charge in [0.25, 0.3) is 5.56 Å². The summed E-state index contributed by atoms with van der Waals surface area (Å²) in [6.07, 6.45) is 2.26. The number of aromatic nitrogens is 2. The molecule has 0 aliphatic heterocycles. The van der Waals surface area contributed by atoms with Gasteiger partial charge in [-0.3, -0.25) is 4.79 Å². The quantitative estimate of drug-likeness (QED) is 0.811. The minimum Gasteiger partial charge on any atom is -0.396 e. The number of hydrogen-bond donors (Lipinski definition) is 2. The van der Waals surface area contributed by atoms with E-state index in [-0.39, 0.29) is 22.6 Å². The van der Waals surface area contributed by atoms with Gasteiger partial charge >= 0.3 is 0 Å². The van der Waals surface area contributed by atoms with Crippen LogP contribution < -0.4 is 10.9 Å². The number of rotatable bonds is 7. The zero-order valence-electron chi connectivity index (χ0n) is 12.6. The van der Waals surface area contributed by atoms with Crippen molar-refractivity contribution >= 4 is 17.3 Å². The highest BCUT2D eigenvalue weighted by Crippen LogP contribution is 2.22. The number of aliphatic hydroxyl groups is 1. The Morgan fingerprint density at radius 3 is 2.70 bits per heavy atom. The third kappa shape index (κ3) is 4.80. The molecule has 5 nitrogen and oxygen atoms in total. The van der Waals surface area contributed by atoms with Gasteiger partial charge in [-0.25, -0.2) is 4.68 Å². The van der Waals surface area contributed by atoms with Crippen molar-refractivity contribution in [2.45, 2.75) is 40.7 Å². The summed E-state index contributed by atoms with van der Waals surface area (Å²) in [5, 5.41) is 16.4. The van der Waals surface area contributed by atoms with Gasteiger partial charge in [0.15, 0.2) is 0 Å². The maximum absolute atomic E-state index is 12.1. The predicted molar refractivity (Wildman–Crippen MR) is 82.3 cm³/mol. The van der Waals surface area contributed by atoms with Crippen LogP contribution in [0.4, 0.5) is 5.69 Å². The minimum atomic E-state index is -0.273. The van der Waals surface area contributed by atoms with Crippen LogP contribution in [0.25, 0.3) is 0 Å². The van der Waals surface area contributed by atoms with Crippen molar-refractivity contribution in [1.82, 2.24) is 9.78 Å². The van der Waals surface area contributed by atoms with E-state index in [9.17, 15) is 4.79 Å². The van der Waals surface area contributed by atoms with Crippen molar-refractivity contribution < 1.29 is 5.11 Å². The van der Waals surface area contributed by atoms with Crippen LogP contribution in [0.2, 0.25) is 5.02 Å². The molecule has 0 aromatic carbocycles. The van der Waals surface area contributed by atoms with Crippen molar-refractivity contribution in [2.24, 2.45) is 11.3 Å². The van der Waals surface area contributed by atoms with E-state index in [1.807, 2.05) is 27.7 Å². The first-order valence-corrected chi connectivity index (χ1v) is 7.25. The second-order valence-corrected chi connectivity index (χ2v) is 6.62. The number of halogens is 1. The molecule has 1 heterocycles. The standard InChI is InChI=1S/C14H24ClN3O2/c1-10(2)8-18-13(20)12(15)11(7-17-18)16-9-14(3,4)5-6-19/h7,10,16,19H,5-6,8-9H2,1-4H3. The molecule has 0 amide bonds. The van der Waals surface area contributed by atoms with Gasteiger partial charge in [0, 0.05) is 19.7 Å². The molecule has 0 aliphatic carbocycles. The Kier molecular flexibility index (Phi) is 6.02. The van der Waals surface area contributed by atoms with E-state index >= 15 is 0 Å². The Morgan fingerprint density at radius 2 is 2.15 bits per heavy atom. The Morgan fingerprint density at radius 1 is 1.50 bits per heavy atom. The van der Waals surface area contributed by atoms with Gasteiger partial charge in [-0.1, -0.05) is 39.3 Å². The molecule has 0 saturated heterocycles. The van der Waals surface area contributed by atoms with Crippen molar-refractivity contribution in [3.63, 3.8) is 0 Å². The normalized spacial score (nSPS) is 11.9. The summed E-state index contributed by atoms with van der Waals surface area (Å²) in [6.45, 7) is 9.42. The number of nitrogens with zero attached hydrogens (tertiary/aromatic N) is 2. The van der Waals surface area contributed by atoms with Crippen LogP contribution in [-0.4, -0.2) is 28.0 Å². The van der Waals surface area contributed by atoms with E-state index in [4.69, 9.17) is 16.7 Å². The molecule has 2 N–H and O–H groups in total. The van der Waals surface area contributed by atoms with Gasteiger partial charge < -0.3 is 10.4 Å². The molecular weight excluding hydrogens is 278 g/mol. The van der Waals surface area contributed by atoms with Crippen LogP contribution >= 0.6 is 11.6 Å². The maximum atomic E-state index is 12.1. The number of anilines is 1. The van der Waals surface area contributed by atoms with E-state index in [0.29, 0.717) is 31.1 Å². The number of aliphatic hydroxyl groups excluding tert-OH is 1. The SMILES string of the molecule is CC(C)Cn1ncc(NCC(C)(C)CCO)c(Cl)c1=O. The minimum absolute atomic E-state index is 0.0785. The van der Waals surface area contributed by atoms with Crippen molar-refractivity contribution in [3.8, 4) is 0 Å². The number of nitrogens with one attached hydrogen (secondary N) is 1. The largest absolute Gasteiger partial charge is 0.396 e. The van der Waals surface area contributed by atoms with E-state index in [1.165, 1.54) is 4.68 Å². The Hall–Kier alpha value is -1.07. The van der Waals surface area contributed by atoms with Gasteiger partial charge in [0.2, 0.25) is 0 Å². The summed E-state index contributed by atoms with van der Waals surface area (Å²) in [4.78, 5) is 12.1. The van der Waals surface area contributed by atoms with Gasteiger partial charge in [-0.2, -0.15) is 5.10 Å². The molecule has 0 aliphatic rings. The second-order valence-electron chi connectivity index (χ2n) is 6.24. The molecular formula is C14H24ClN3O2. The molecule has 0 bridgehead atoms. The molecule has 1 aromatic rings. The van der Waals surface area contributed by atoms with Crippen LogP contribution in [0.15, 0.2) is 11.0 Å². The molecule has 1 rings (SSSR count). The van der Waals surface area contributed by atoms with E-state index in [0.717, 1.165) is 0 Å². The fourth-order valence-corrected chi connectivity index (χ4v) is 2.00. The highest BCUT2D eigenvalue weighted by atomic mass is 35.5. The second kappa shape index (κ2) is 7.09. The summed E-state index contributed by atoms with van der Waals surface area (Å²) < 4.78 is 1.39. The van der Waals surface area contributed by atoms with Gasteiger partial charge in [-0.05, 0) is 17.8 Å². The lowest BCUT2D eigenvalue weighted by molar-refractivity contribution is 0.220. The first-order chi connectivity index (χ1) is 9.26. The first kappa shape index (κ1) is 17.0. The average molecular weight is 302 g/mol. The highest BCUT2D eigenvalue weighted by molar-refractivity contribution is 6.32. The van der Waals surface area contributed by atoms with Crippen LogP contribution in [0.1, 0.15) is 34.1 Å². The van der Waals surface area contributed by atoms with Crippen molar-refractivity contribution in [3.05, 3.63) is 21.6 Å².